The average Bonchev–Trinajstić information content (AvgIpc) is 2.72. The highest BCUT2D eigenvalue weighted by Gasteiger charge is 2.23. The Labute approximate surface area is 180 Å². The number of benzene rings is 3. The van der Waals surface area contributed by atoms with Crippen molar-refractivity contribution in [3.8, 4) is 5.75 Å². The topological polar surface area (TPSA) is 38.3 Å². The molecule has 0 radical (unpaired) electrons. The van der Waals surface area contributed by atoms with Crippen LogP contribution < -0.4 is 10.1 Å². The lowest BCUT2D eigenvalue weighted by molar-refractivity contribution is -0.127. The Morgan fingerprint density at radius 2 is 1.47 bits per heavy atom. The number of amides is 1. The van der Waals surface area contributed by atoms with Crippen LogP contribution in [0.4, 0.5) is 0 Å². The van der Waals surface area contributed by atoms with Gasteiger partial charge in [-0.3, -0.25) is 4.79 Å². The Morgan fingerprint density at radius 3 is 2.13 bits per heavy atom. The largest absolute Gasteiger partial charge is 0.481 e. The molecule has 3 aromatic carbocycles. The summed E-state index contributed by atoms with van der Waals surface area (Å²) < 4.78 is 6.13. The van der Waals surface area contributed by atoms with Crippen molar-refractivity contribution in [2.24, 2.45) is 0 Å². The first-order valence-corrected chi connectivity index (χ1v) is 10.5. The molecule has 2 atom stereocenters. The van der Waals surface area contributed by atoms with Crippen molar-refractivity contribution >= 4 is 5.91 Å². The fraction of sp³-hybridized carbons (Fsp3) is 0.296. The van der Waals surface area contributed by atoms with Crippen LogP contribution in [0, 0.1) is 13.8 Å². The van der Waals surface area contributed by atoms with Crippen molar-refractivity contribution < 1.29 is 9.53 Å². The molecule has 0 unspecified atom stereocenters. The van der Waals surface area contributed by atoms with Gasteiger partial charge in [0, 0.05) is 0 Å². The van der Waals surface area contributed by atoms with E-state index in [9.17, 15) is 4.79 Å². The zero-order valence-corrected chi connectivity index (χ0v) is 18.5. The highest BCUT2D eigenvalue weighted by molar-refractivity contribution is 5.81. The minimum absolute atomic E-state index is 0.137. The molecule has 0 fully saturated rings. The summed E-state index contributed by atoms with van der Waals surface area (Å²) in [5.74, 6) is 0.960. The van der Waals surface area contributed by atoms with Crippen molar-refractivity contribution in [1.82, 2.24) is 5.32 Å². The van der Waals surface area contributed by atoms with Crippen LogP contribution in [0.25, 0.3) is 0 Å². The van der Waals surface area contributed by atoms with E-state index in [1.54, 1.807) is 6.92 Å². The van der Waals surface area contributed by atoms with E-state index >= 15 is 0 Å². The van der Waals surface area contributed by atoms with Gasteiger partial charge < -0.3 is 10.1 Å². The number of nitrogens with one attached hydrogen (secondary N) is 1. The van der Waals surface area contributed by atoms with E-state index in [4.69, 9.17) is 4.74 Å². The summed E-state index contributed by atoms with van der Waals surface area (Å²) in [6.45, 7) is 10.2. The second kappa shape index (κ2) is 9.62. The molecule has 3 rings (SSSR count). The molecular formula is C27H31NO2. The van der Waals surface area contributed by atoms with Gasteiger partial charge in [-0.15, -0.1) is 0 Å². The number of aryl methyl sites for hydroxylation is 2. The summed E-state index contributed by atoms with van der Waals surface area (Å²) >= 11 is 0. The second-order valence-electron chi connectivity index (χ2n) is 8.22. The zero-order valence-electron chi connectivity index (χ0n) is 18.5. The average molecular weight is 402 g/mol. The van der Waals surface area contributed by atoms with Crippen LogP contribution in [0.1, 0.15) is 60.5 Å². The van der Waals surface area contributed by atoms with E-state index in [2.05, 4.69) is 50.4 Å². The van der Waals surface area contributed by atoms with Crippen LogP contribution in [0.2, 0.25) is 0 Å². The minimum atomic E-state index is -0.611. The predicted molar refractivity (Wildman–Crippen MR) is 123 cm³/mol. The lowest BCUT2D eigenvalue weighted by atomic mass is 9.97. The maximum atomic E-state index is 13.1. The molecule has 0 aliphatic heterocycles. The van der Waals surface area contributed by atoms with Crippen LogP contribution in [0.3, 0.4) is 0 Å². The third kappa shape index (κ3) is 5.29. The van der Waals surface area contributed by atoms with Gasteiger partial charge in [0.15, 0.2) is 6.10 Å². The van der Waals surface area contributed by atoms with Gasteiger partial charge in [-0.05, 0) is 55.0 Å². The Balaban J connectivity index is 1.83. The molecule has 0 bridgehead atoms. The molecule has 0 saturated carbocycles. The third-order valence-electron chi connectivity index (χ3n) is 5.26. The van der Waals surface area contributed by atoms with Gasteiger partial charge in [0.2, 0.25) is 0 Å². The van der Waals surface area contributed by atoms with Gasteiger partial charge in [0.25, 0.3) is 5.91 Å². The van der Waals surface area contributed by atoms with Crippen LogP contribution in [0.5, 0.6) is 5.75 Å². The minimum Gasteiger partial charge on any atom is -0.481 e. The van der Waals surface area contributed by atoms with Gasteiger partial charge in [-0.1, -0.05) is 86.1 Å². The summed E-state index contributed by atoms with van der Waals surface area (Å²) in [6.07, 6.45) is -0.611. The normalized spacial score (nSPS) is 13.0. The van der Waals surface area contributed by atoms with E-state index in [1.165, 1.54) is 0 Å². The van der Waals surface area contributed by atoms with Gasteiger partial charge in [0.1, 0.15) is 5.75 Å². The zero-order chi connectivity index (χ0) is 21.7. The summed E-state index contributed by atoms with van der Waals surface area (Å²) in [7, 11) is 0. The SMILES string of the molecule is Cc1cccc([C@@H](NC(=O)[C@@H](C)Oc2cc(C)ccc2C(C)C)c2ccccc2)c1. The summed E-state index contributed by atoms with van der Waals surface area (Å²) in [6, 6.07) is 24.2. The molecule has 3 nitrogen and oxygen atoms in total. The van der Waals surface area contributed by atoms with E-state index in [0.717, 1.165) is 33.6 Å². The van der Waals surface area contributed by atoms with Crippen LogP contribution in [0.15, 0.2) is 72.8 Å². The molecule has 0 aliphatic rings. The van der Waals surface area contributed by atoms with Crippen LogP contribution >= 0.6 is 0 Å². The summed E-state index contributed by atoms with van der Waals surface area (Å²) in [5.41, 5.74) is 5.48. The molecule has 156 valence electrons. The quantitative estimate of drug-likeness (QED) is 0.519. The Kier molecular flexibility index (Phi) is 6.94. The lowest BCUT2D eigenvalue weighted by Crippen LogP contribution is -2.39. The van der Waals surface area contributed by atoms with Gasteiger partial charge in [-0.2, -0.15) is 0 Å². The first-order valence-electron chi connectivity index (χ1n) is 10.5. The fourth-order valence-corrected chi connectivity index (χ4v) is 3.58. The maximum Gasteiger partial charge on any atom is 0.261 e. The number of carbonyl (C=O) groups is 1. The smallest absolute Gasteiger partial charge is 0.261 e. The predicted octanol–water partition coefficient (Wildman–Crippen LogP) is 6.10. The Bertz CT molecular complexity index is 995. The second-order valence-corrected chi connectivity index (χ2v) is 8.22. The number of carbonyl (C=O) groups excluding carboxylic acids is 1. The van der Waals surface area contributed by atoms with E-state index < -0.39 is 6.10 Å². The van der Waals surface area contributed by atoms with Gasteiger partial charge in [-0.25, -0.2) is 0 Å². The molecule has 1 amide bonds. The monoisotopic (exact) mass is 401 g/mol. The molecular weight excluding hydrogens is 370 g/mol. The molecule has 3 aromatic rings. The standard InChI is InChI=1S/C27H31NO2/c1-18(2)24-15-14-20(4)17-25(24)30-21(5)27(29)28-26(22-11-7-6-8-12-22)23-13-9-10-19(3)16-23/h6-18,21,26H,1-5H3,(H,28,29)/t21-,26+/m1/s1. The molecule has 0 saturated heterocycles. The molecule has 1 N–H and O–H groups in total. The van der Waals surface area contributed by atoms with Crippen molar-refractivity contribution in [3.05, 3.63) is 101 Å². The maximum absolute atomic E-state index is 13.1. The van der Waals surface area contributed by atoms with Gasteiger partial charge in [0.05, 0.1) is 6.04 Å². The number of ether oxygens (including phenoxy) is 1. The Morgan fingerprint density at radius 1 is 0.800 bits per heavy atom. The highest BCUT2D eigenvalue weighted by atomic mass is 16.5. The molecule has 0 heterocycles. The van der Waals surface area contributed by atoms with Crippen molar-refractivity contribution in [2.45, 2.75) is 52.7 Å². The lowest BCUT2D eigenvalue weighted by Gasteiger charge is -2.24. The van der Waals surface area contributed by atoms with E-state index in [0.29, 0.717) is 5.92 Å². The molecule has 3 heteroatoms. The van der Waals surface area contributed by atoms with Gasteiger partial charge >= 0.3 is 0 Å². The van der Waals surface area contributed by atoms with Crippen molar-refractivity contribution in [2.75, 3.05) is 0 Å². The molecule has 30 heavy (non-hydrogen) atoms. The van der Waals surface area contributed by atoms with E-state index in [1.807, 2.05) is 55.5 Å². The number of hydrogen-bond acceptors (Lipinski definition) is 2. The van der Waals surface area contributed by atoms with Crippen molar-refractivity contribution in [3.63, 3.8) is 0 Å². The van der Waals surface area contributed by atoms with Crippen molar-refractivity contribution in [1.29, 1.82) is 0 Å². The Hall–Kier alpha value is -3.07. The fourth-order valence-electron chi connectivity index (χ4n) is 3.58. The van der Waals surface area contributed by atoms with E-state index in [-0.39, 0.29) is 11.9 Å². The van der Waals surface area contributed by atoms with Crippen LogP contribution in [-0.4, -0.2) is 12.0 Å². The number of rotatable bonds is 7. The number of hydrogen-bond donors (Lipinski definition) is 1. The third-order valence-corrected chi connectivity index (χ3v) is 5.26. The van der Waals surface area contributed by atoms with Crippen LogP contribution in [-0.2, 0) is 4.79 Å². The molecule has 0 aliphatic carbocycles. The first-order chi connectivity index (χ1) is 14.3. The molecule has 0 aromatic heterocycles. The summed E-state index contributed by atoms with van der Waals surface area (Å²) in [4.78, 5) is 13.1. The first kappa shape index (κ1) is 21.6. The molecule has 0 spiro atoms. The summed E-state index contributed by atoms with van der Waals surface area (Å²) in [5, 5.41) is 3.20. The highest BCUT2D eigenvalue weighted by Crippen LogP contribution is 2.29.